The highest BCUT2D eigenvalue weighted by Gasteiger charge is 2.13. The summed E-state index contributed by atoms with van der Waals surface area (Å²) in [4.78, 5) is 28.5. The molecule has 1 atom stereocenters. The molecule has 1 unspecified atom stereocenters. The topological polar surface area (TPSA) is 80.3 Å². The van der Waals surface area contributed by atoms with Gasteiger partial charge < -0.3 is 15.4 Å². The third-order valence-electron chi connectivity index (χ3n) is 4.00. The highest BCUT2D eigenvalue weighted by Crippen LogP contribution is 2.16. The molecule has 1 heterocycles. The van der Waals surface area contributed by atoms with Crippen LogP contribution in [0, 0.1) is 5.92 Å². The van der Waals surface area contributed by atoms with Gasteiger partial charge in [-0.15, -0.1) is 0 Å². The minimum atomic E-state index is -0.254. The average Bonchev–Trinajstić information content (AvgIpc) is 2.66. The molecule has 1 aromatic carbocycles. The van der Waals surface area contributed by atoms with Gasteiger partial charge in [0.2, 0.25) is 11.8 Å². The number of carbonyl (C=O) groups excluding carboxylic acids is 2. The minimum Gasteiger partial charge on any atom is -0.477 e. The molecule has 2 aromatic rings. The van der Waals surface area contributed by atoms with E-state index < -0.39 is 0 Å². The van der Waals surface area contributed by atoms with Gasteiger partial charge in [0, 0.05) is 24.3 Å². The number of anilines is 1. The number of carbonyl (C=O) groups is 2. The molecule has 0 bridgehead atoms. The van der Waals surface area contributed by atoms with E-state index in [0.29, 0.717) is 24.6 Å². The maximum Gasteiger partial charge on any atom is 0.257 e. The number of hydrogen-bond acceptors (Lipinski definition) is 4. The second-order valence-electron chi connectivity index (χ2n) is 5.97. The Hall–Kier alpha value is -2.89. The largest absolute Gasteiger partial charge is 0.477 e. The van der Waals surface area contributed by atoms with Gasteiger partial charge in [-0.05, 0) is 43.2 Å². The van der Waals surface area contributed by atoms with E-state index in [-0.39, 0.29) is 17.7 Å². The van der Waals surface area contributed by atoms with Gasteiger partial charge in [-0.1, -0.05) is 26.0 Å². The molecule has 2 amide bonds. The first-order valence-electron chi connectivity index (χ1n) is 8.81. The van der Waals surface area contributed by atoms with E-state index in [1.807, 2.05) is 45.0 Å². The van der Waals surface area contributed by atoms with E-state index in [4.69, 9.17) is 4.74 Å². The highest BCUT2D eigenvalue weighted by molar-refractivity contribution is 5.96. The number of ether oxygens (including phenoxy) is 1. The lowest BCUT2D eigenvalue weighted by Crippen LogP contribution is -2.24. The second kappa shape index (κ2) is 9.56. The standard InChI is InChI=1S/C20H25N3O3/c1-4-14(3)18(24)23-16-9-6-8-15(12-16)13-22-19(25)17-10-7-11-21-20(17)26-5-2/h6-12,14H,4-5,13H2,1-3H3,(H,22,25)(H,23,24). The highest BCUT2D eigenvalue weighted by atomic mass is 16.5. The minimum absolute atomic E-state index is 0.00889. The Morgan fingerprint density at radius 3 is 2.73 bits per heavy atom. The normalized spacial score (nSPS) is 11.5. The Labute approximate surface area is 154 Å². The number of amides is 2. The molecule has 0 aliphatic rings. The van der Waals surface area contributed by atoms with Gasteiger partial charge in [0.05, 0.1) is 6.61 Å². The van der Waals surface area contributed by atoms with Crippen LogP contribution in [-0.2, 0) is 11.3 Å². The molecular weight excluding hydrogens is 330 g/mol. The fourth-order valence-corrected chi connectivity index (χ4v) is 2.30. The lowest BCUT2D eigenvalue weighted by molar-refractivity contribution is -0.119. The predicted molar refractivity (Wildman–Crippen MR) is 101 cm³/mol. The van der Waals surface area contributed by atoms with Crippen molar-refractivity contribution in [1.29, 1.82) is 0 Å². The Kier molecular flexibility index (Phi) is 7.14. The summed E-state index contributed by atoms with van der Waals surface area (Å²) in [6.07, 6.45) is 2.38. The van der Waals surface area contributed by atoms with E-state index in [0.717, 1.165) is 17.7 Å². The first kappa shape index (κ1) is 19.4. The van der Waals surface area contributed by atoms with Gasteiger partial charge >= 0.3 is 0 Å². The molecule has 0 fully saturated rings. The summed E-state index contributed by atoms with van der Waals surface area (Å²) < 4.78 is 5.39. The maximum absolute atomic E-state index is 12.4. The molecule has 0 aliphatic carbocycles. The fourth-order valence-electron chi connectivity index (χ4n) is 2.30. The van der Waals surface area contributed by atoms with Crippen LogP contribution >= 0.6 is 0 Å². The summed E-state index contributed by atoms with van der Waals surface area (Å²) in [6.45, 7) is 6.49. The molecule has 0 spiro atoms. The van der Waals surface area contributed by atoms with E-state index in [1.54, 1.807) is 18.3 Å². The van der Waals surface area contributed by atoms with Crippen LogP contribution in [0.1, 0.15) is 43.1 Å². The Balaban J connectivity index is 2.00. The van der Waals surface area contributed by atoms with Crippen molar-refractivity contribution in [2.24, 2.45) is 5.92 Å². The van der Waals surface area contributed by atoms with Gasteiger partial charge in [0.15, 0.2) is 0 Å². The molecule has 138 valence electrons. The van der Waals surface area contributed by atoms with Crippen LogP contribution in [-0.4, -0.2) is 23.4 Å². The monoisotopic (exact) mass is 355 g/mol. The summed E-state index contributed by atoms with van der Waals surface area (Å²) in [6, 6.07) is 10.8. The Morgan fingerprint density at radius 1 is 1.19 bits per heavy atom. The molecular formula is C20H25N3O3. The van der Waals surface area contributed by atoms with Crippen LogP contribution in [0.25, 0.3) is 0 Å². The molecule has 0 saturated heterocycles. The number of rotatable bonds is 8. The van der Waals surface area contributed by atoms with Crippen molar-refractivity contribution in [3.8, 4) is 5.88 Å². The van der Waals surface area contributed by atoms with Crippen molar-refractivity contribution in [2.45, 2.75) is 33.7 Å². The van der Waals surface area contributed by atoms with Crippen molar-refractivity contribution >= 4 is 17.5 Å². The summed E-state index contributed by atoms with van der Waals surface area (Å²) in [5.74, 6) is 0.0176. The first-order chi connectivity index (χ1) is 12.5. The lowest BCUT2D eigenvalue weighted by Gasteiger charge is -2.12. The van der Waals surface area contributed by atoms with Crippen molar-refractivity contribution < 1.29 is 14.3 Å². The summed E-state index contributed by atoms with van der Waals surface area (Å²) >= 11 is 0. The molecule has 1 aromatic heterocycles. The van der Waals surface area contributed by atoms with E-state index in [1.165, 1.54) is 0 Å². The van der Waals surface area contributed by atoms with E-state index >= 15 is 0 Å². The number of benzene rings is 1. The smallest absolute Gasteiger partial charge is 0.257 e. The third kappa shape index (κ3) is 5.31. The van der Waals surface area contributed by atoms with E-state index in [2.05, 4.69) is 15.6 Å². The van der Waals surface area contributed by atoms with Crippen LogP contribution in [0.2, 0.25) is 0 Å². The Morgan fingerprint density at radius 2 is 2.00 bits per heavy atom. The zero-order chi connectivity index (χ0) is 18.9. The number of aromatic nitrogens is 1. The van der Waals surface area contributed by atoms with Crippen molar-refractivity contribution in [2.75, 3.05) is 11.9 Å². The zero-order valence-corrected chi connectivity index (χ0v) is 15.4. The van der Waals surface area contributed by atoms with Gasteiger partial charge in [0.25, 0.3) is 5.91 Å². The average molecular weight is 355 g/mol. The molecule has 6 heteroatoms. The summed E-state index contributed by atoms with van der Waals surface area (Å²) in [7, 11) is 0. The molecule has 2 rings (SSSR count). The summed E-state index contributed by atoms with van der Waals surface area (Å²) in [5.41, 5.74) is 2.01. The van der Waals surface area contributed by atoms with Crippen LogP contribution in [0.4, 0.5) is 5.69 Å². The number of hydrogen-bond donors (Lipinski definition) is 2. The lowest BCUT2D eigenvalue weighted by atomic mass is 10.1. The molecule has 26 heavy (non-hydrogen) atoms. The molecule has 0 saturated carbocycles. The second-order valence-corrected chi connectivity index (χ2v) is 5.97. The predicted octanol–water partition coefficient (Wildman–Crippen LogP) is 3.39. The van der Waals surface area contributed by atoms with Gasteiger partial charge in [-0.25, -0.2) is 4.98 Å². The van der Waals surface area contributed by atoms with Crippen molar-refractivity contribution in [3.05, 3.63) is 53.7 Å². The molecule has 0 radical (unpaired) electrons. The number of nitrogens with zero attached hydrogens (tertiary/aromatic N) is 1. The van der Waals surface area contributed by atoms with Crippen molar-refractivity contribution in [3.63, 3.8) is 0 Å². The maximum atomic E-state index is 12.4. The molecule has 2 N–H and O–H groups in total. The van der Waals surface area contributed by atoms with Crippen LogP contribution in [0.15, 0.2) is 42.6 Å². The van der Waals surface area contributed by atoms with Crippen LogP contribution in [0.5, 0.6) is 5.88 Å². The van der Waals surface area contributed by atoms with E-state index in [9.17, 15) is 9.59 Å². The zero-order valence-electron chi connectivity index (χ0n) is 15.4. The van der Waals surface area contributed by atoms with Gasteiger partial charge in [-0.3, -0.25) is 9.59 Å². The van der Waals surface area contributed by atoms with Crippen LogP contribution < -0.4 is 15.4 Å². The van der Waals surface area contributed by atoms with Gasteiger partial charge in [-0.2, -0.15) is 0 Å². The molecule has 6 nitrogen and oxygen atoms in total. The SMILES string of the molecule is CCOc1ncccc1C(=O)NCc1cccc(NC(=O)C(C)CC)c1. The fraction of sp³-hybridized carbons (Fsp3) is 0.350. The Bertz CT molecular complexity index is 761. The number of pyridine rings is 1. The quantitative estimate of drug-likeness (QED) is 0.760. The first-order valence-corrected chi connectivity index (χ1v) is 8.81. The van der Waals surface area contributed by atoms with Crippen LogP contribution in [0.3, 0.4) is 0 Å². The third-order valence-corrected chi connectivity index (χ3v) is 4.00. The number of nitrogens with one attached hydrogen (secondary N) is 2. The molecule has 0 aliphatic heterocycles. The summed E-state index contributed by atoms with van der Waals surface area (Å²) in [5, 5.41) is 5.75. The van der Waals surface area contributed by atoms with Gasteiger partial charge in [0.1, 0.15) is 5.56 Å². The van der Waals surface area contributed by atoms with Crippen molar-refractivity contribution in [1.82, 2.24) is 10.3 Å².